The molecule has 29 heavy (non-hydrogen) atoms. The Hall–Kier alpha value is -2.14. The van der Waals surface area contributed by atoms with Crippen LogP contribution in [0.25, 0.3) is 0 Å². The number of hydrogen-bond acceptors (Lipinski definition) is 6. The average Bonchev–Trinajstić information content (AvgIpc) is 2.69. The van der Waals surface area contributed by atoms with E-state index < -0.39 is 5.82 Å². The SMILES string of the molecule is N=C(SCCN=C(N)NC1CCCCC1)/C(=N\O)C(N)=Nc1ccc(F)c(Br)c1. The first-order chi connectivity index (χ1) is 13.9. The molecule has 0 amide bonds. The number of thioether (sulfide) groups is 1. The number of guanidine groups is 1. The molecule has 0 unspecified atom stereocenters. The zero-order valence-electron chi connectivity index (χ0n) is 15.9. The topological polar surface area (TPSA) is 145 Å². The van der Waals surface area contributed by atoms with E-state index in [1.165, 1.54) is 37.5 Å². The summed E-state index contributed by atoms with van der Waals surface area (Å²) < 4.78 is 13.5. The number of amidine groups is 1. The van der Waals surface area contributed by atoms with Crippen LogP contribution < -0.4 is 16.8 Å². The summed E-state index contributed by atoms with van der Waals surface area (Å²) >= 11 is 4.18. The highest BCUT2D eigenvalue weighted by atomic mass is 79.9. The van der Waals surface area contributed by atoms with Crippen LogP contribution >= 0.6 is 27.7 Å². The van der Waals surface area contributed by atoms with Crippen LogP contribution in [0.15, 0.2) is 37.8 Å². The first-order valence-corrected chi connectivity index (χ1v) is 11.0. The van der Waals surface area contributed by atoms with E-state index in [1.54, 1.807) is 0 Å². The normalized spacial score (nSPS) is 16.7. The second-order valence-corrected chi connectivity index (χ2v) is 8.43. The van der Waals surface area contributed by atoms with E-state index in [2.05, 4.69) is 36.4 Å². The summed E-state index contributed by atoms with van der Waals surface area (Å²) in [5.74, 6) is 0.286. The van der Waals surface area contributed by atoms with E-state index in [0.29, 0.717) is 30.0 Å². The molecule has 0 bridgehead atoms. The average molecular weight is 486 g/mol. The van der Waals surface area contributed by atoms with Crippen LogP contribution in [-0.2, 0) is 0 Å². The summed E-state index contributed by atoms with van der Waals surface area (Å²) in [7, 11) is 0. The molecule has 7 N–H and O–H groups in total. The van der Waals surface area contributed by atoms with Crippen LogP contribution in [0, 0.1) is 11.2 Å². The molecule has 11 heteroatoms. The van der Waals surface area contributed by atoms with E-state index in [-0.39, 0.29) is 21.1 Å². The van der Waals surface area contributed by atoms with Gasteiger partial charge in [0.1, 0.15) is 10.9 Å². The molecule has 1 aromatic rings. The first-order valence-electron chi connectivity index (χ1n) is 9.20. The molecule has 2 rings (SSSR count). The van der Waals surface area contributed by atoms with Gasteiger partial charge in [-0.15, -0.1) is 11.8 Å². The van der Waals surface area contributed by atoms with Crippen molar-refractivity contribution in [3.8, 4) is 0 Å². The molecule has 1 aromatic carbocycles. The third-order valence-electron chi connectivity index (χ3n) is 4.29. The summed E-state index contributed by atoms with van der Waals surface area (Å²) in [5.41, 5.74) is 12.0. The predicted molar refractivity (Wildman–Crippen MR) is 121 cm³/mol. The maximum absolute atomic E-state index is 13.3. The van der Waals surface area contributed by atoms with Crippen molar-refractivity contribution in [1.29, 1.82) is 5.41 Å². The van der Waals surface area contributed by atoms with E-state index in [1.807, 2.05) is 0 Å². The lowest BCUT2D eigenvalue weighted by molar-refractivity contribution is 0.321. The first kappa shape index (κ1) is 23.1. The van der Waals surface area contributed by atoms with Gasteiger partial charge in [-0.1, -0.05) is 24.4 Å². The summed E-state index contributed by atoms with van der Waals surface area (Å²) in [6, 6.07) is 4.48. The van der Waals surface area contributed by atoms with Gasteiger partial charge in [0.25, 0.3) is 0 Å². The molecule has 158 valence electrons. The molecule has 0 saturated heterocycles. The van der Waals surface area contributed by atoms with E-state index in [0.717, 1.165) is 24.6 Å². The largest absolute Gasteiger partial charge is 0.410 e. The van der Waals surface area contributed by atoms with Crippen molar-refractivity contribution < 1.29 is 9.60 Å². The fraction of sp³-hybridized carbons (Fsp3) is 0.444. The third kappa shape index (κ3) is 7.65. The number of nitrogens with zero attached hydrogens (tertiary/aromatic N) is 3. The van der Waals surface area contributed by atoms with Crippen LogP contribution in [-0.4, -0.2) is 46.1 Å². The number of halogens is 2. The summed E-state index contributed by atoms with van der Waals surface area (Å²) in [5, 5.41) is 23.5. The zero-order valence-corrected chi connectivity index (χ0v) is 18.3. The number of nitrogens with one attached hydrogen (secondary N) is 2. The lowest BCUT2D eigenvalue weighted by Gasteiger charge is -2.23. The minimum Gasteiger partial charge on any atom is -0.410 e. The number of benzene rings is 1. The van der Waals surface area contributed by atoms with E-state index in [9.17, 15) is 9.60 Å². The van der Waals surface area contributed by atoms with Gasteiger partial charge < -0.3 is 22.0 Å². The maximum atomic E-state index is 13.3. The predicted octanol–water partition coefficient (Wildman–Crippen LogP) is 3.35. The quantitative estimate of drug-likeness (QED) is 0.132. The van der Waals surface area contributed by atoms with Crippen molar-refractivity contribution >= 4 is 55.9 Å². The Kier molecular flexibility index (Phi) is 9.39. The second-order valence-electron chi connectivity index (χ2n) is 6.47. The van der Waals surface area contributed by atoms with Gasteiger partial charge in [-0.3, -0.25) is 10.4 Å². The highest BCUT2D eigenvalue weighted by Crippen LogP contribution is 2.22. The van der Waals surface area contributed by atoms with Gasteiger partial charge in [-0.25, -0.2) is 9.38 Å². The van der Waals surface area contributed by atoms with E-state index >= 15 is 0 Å². The number of nitrogens with two attached hydrogens (primary N) is 2. The second kappa shape index (κ2) is 11.8. The van der Waals surface area contributed by atoms with Crippen molar-refractivity contribution in [2.45, 2.75) is 38.1 Å². The van der Waals surface area contributed by atoms with Gasteiger partial charge >= 0.3 is 0 Å². The third-order valence-corrected chi connectivity index (χ3v) is 5.76. The van der Waals surface area contributed by atoms with Gasteiger partial charge in [0.05, 0.1) is 16.7 Å². The van der Waals surface area contributed by atoms with Crippen LogP contribution in [0.1, 0.15) is 32.1 Å². The summed E-state index contributed by atoms with van der Waals surface area (Å²) in [6.07, 6.45) is 5.90. The van der Waals surface area contributed by atoms with Gasteiger partial charge in [0.15, 0.2) is 17.5 Å². The van der Waals surface area contributed by atoms with Gasteiger partial charge in [-0.05, 0) is 47.0 Å². The molecular weight excluding hydrogens is 461 g/mol. The van der Waals surface area contributed by atoms with Crippen molar-refractivity contribution in [3.63, 3.8) is 0 Å². The molecule has 0 heterocycles. The Morgan fingerprint density at radius 1 is 1.31 bits per heavy atom. The van der Waals surface area contributed by atoms with Crippen LogP contribution in [0.2, 0.25) is 0 Å². The van der Waals surface area contributed by atoms with Crippen molar-refractivity contribution in [2.24, 2.45) is 26.6 Å². The minimum atomic E-state index is -0.431. The Balaban J connectivity index is 1.85. The summed E-state index contributed by atoms with van der Waals surface area (Å²) in [6.45, 7) is 0.402. The highest BCUT2D eigenvalue weighted by molar-refractivity contribution is 9.10. The van der Waals surface area contributed by atoms with Crippen molar-refractivity contribution in [1.82, 2.24) is 5.32 Å². The van der Waals surface area contributed by atoms with Gasteiger partial charge in [0, 0.05) is 11.8 Å². The Bertz CT molecular complexity index is 809. The molecule has 0 atom stereocenters. The van der Waals surface area contributed by atoms with Crippen molar-refractivity contribution in [2.75, 3.05) is 12.3 Å². The number of rotatable bonds is 7. The molecular formula is C18H25BrFN7OS. The number of aliphatic imine (C=N–C) groups is 2. The van der Waals surface area contributed by atoms with Crippen LogP contribution in [0.5, 0.6) is 0 Å². The maximum Gasteiger partial charge on any atom is 0.188 e. The number of oxime groups is 1. The fourth-order valence-electron chi connectivity index (χ4n) is 2.84. The van der Waals surface area contributed by atoms with Gasteiger partial charge in [0.2, 0.25) is 0 Å². The van der Waals surface area contributed by atoms with Crippen LogP contribution in [0.4, 0.5) is 10.1 Å². The molecule has 8 nitrogen and oxygen atoms in total. The monoisotopic (exact) mass is 485 g/mol. The zero-order chi connectivity index (χ0) is 21.2. The molecule has 1 aliphatic carbocycles. The Labute approximate surface area is 181 Å². The minimum absolute atomic E-state index is 0.0519. The Morgan fingerprint density at radius 2 is 2.03 bits per heavy atom. The van der Waals surface area contributed by atoms with Crippen LogP contribution in [0.3, 0.4) is 0 Å². The highest BCUT2D eigenvalue weighted by Gasteiger charge is 2.15. The van der Waals surface area contributed by atoms with Crippen molar-refractivity contribution in [3.05, 3.63) is 28.5 Å². The molecule has 0 radical (unpaired) electrons. The fourth-order valence-corrected chi connectivity index (χ4v) is 3.88. The summed E-state index contributed by atoms with van der Waals surface area (Å²) in [4.78, 5) is 8.34. The Morgan fingerprint density at radius 3 is 2.69 bits per heavy atom. The lowest BCUT2D eigenvalue weighted by Crippen LogP contribution is -2.41. The molecule has 1 fully saturated rings. The molecule has 1 aliphatic rings. The standard InChI is InChI=1S/C18H25BrFN7OS/c19-13-10-12(6-7-14(13)20)25-16(21)15(27-28)17(22)29-9-8-24-18(23)26-11-4-2-1-3-5-11/h6-7,10-11,22,28H,1-5,8-9H2,(H2,21,25)(H3,23,24,26)/b22-17?,27-15-. The molecule has 0 spiro atoms. The number of hydrogen-bond donors (Lipinski definition) is 5. The molecule has 0 aliphatic heterocycles. The van der Waals surface area contributed by atoms with E-state index in [4.69, 9.17) is 16.9 Å². The molecule has 1 saturated carbocycles. The lowest BCUT2D eigenvalue weighted by atomic mass is 9.96. The van der Waals surface area contributed by atoms with Gasteiger partial charge in [-0.2, -0.15) is 0 Å². The molecule has 0 aromatic heterocycles. The smallest absolute Gasteiger partial charge is 0.188 e.